The Morgan fingerprint density at radius 3 is 2.52 bits per heavy atom. The van der Waals surface area contributed by atoms with E-state index in [1.54, 1.807) is 11.2 Å². The molecule has 1 amide bonds. The molecule has 1 aromatic heterocycles. The first-order valence-electron chi connectivity index (χ1n) is 6.80. The van der Waals surface area contributed by atoms with Crippen LogP contribution in [0.4, 0.5) is 0 Å². The molecule has 2 heterocycles. The van der Waals surface area contributed by atoms with Gasteiger partial charge in [0.25, 0.3) is 0 Å². The van der Waals surface area contributed by atoms with Gasteiger partial charge in [0.1, 0.15) is 5.76 Å². The van der Waals surface area contributed by atoms with Gasteiger partial charge in [0.15, 0.2) is 0 Å². The van der Waals surface area contributed by atoms with E-state index in [4.69, 9.17) is 4.42 Å². The Hall–Kier alpha value is -1.38. The van der Waals surface area contributed by atoms with Gasteiger partial charge in [-0.1, -0.05) is 0 Å². The third-order valence-corrected chi connectivity index (χ3v) is 4.77. The fourth-order valence-corrected chi connectivity index (χ4v) is 3.15. The smallest absolute Gasteiger partial charge is 0.236 e. The predicted molar refractivity (Wildman–Crippen MR) is 78.0 cm³/mol. The van der Waals surface area contributed by atoms with Crippen molar-refractivity contribution in [1.82, 2.24) is 14.1 Å². The van der Waals surface area contributed by atoms with Crippen LogP contribution in [-0.4, -0.2) is 74.5 Å². The molecule has 0 saturated carbocycles. The summed E-state index contributed by atoms with van der Waals surface area (Å²) in [4.78, 5) is 15.8. The van der Waals surface area contributed by atoms with Gasteiger partial charge in [-0.05, 0) is 19.2 Å². The molecule has 1 saturated heterocycles. The number of likely N-dealkylation sites (N-methyl/N-ethyl adjacent to an activating group) is 1. The van der Waals surface area contributed by atoms with Crippen molar-refractivity contribution in [3.05, 3.63) is 24.2 Å². The van der Waals surface area contributed by atoms with Gasteiger partial charge in [-0.2, -0.15) is 4.31 Å². The van der Waals surface area contributed by atoms with Crippen LogP contribution >= 0.6 is 0 Å². The maximum Gasteiger partial charge on any atom is 0.236 e. The fourth-order valence-electron chi connectivity index (χ4n) is 2.32. The molecular formula is C13H21N3O4S. The number of rotatable bonds is 5. The largest absolute Gasteiger partial charge is 0.468 e. The summed E-state index contributed by atoms with van der Waals surface area (Å²) in [6, 6.07) is 3.68. The van der Waals surface area contributed by atoms with Crippen LogP contribution in [0.1, 0.15) is 5.76 Å². The summed E-state index contributed by atoms with van der Waals surface area (Å²) in [7, 11) is -1.31. The van der Waals surface area contributed by atoms with E-state index in [-0.39, 0.29) is 5.91 Å². The Bertz CT molecular complexity index is 562. The van der Waals surface area contributed by atoms with Gasteiger partial charge in [-0.15, -0.1) is 0 Å². The Balaban J connectivity index is 1.79. The van der Waals surface area contributed by atoms with Crippen LogP contribution in [0.25, 0.3) is 0 Å². The lowest BCUT2D eigenvalue weighted by Crippen LogP contribution is -2.52. The summed E-state index contributed by atoms with van der Waals surface area (Å²) in [6.45, 7) is 2.49. The Labute approximate surface area is 125 Å². The summed E-state index contributed by atoms with van der Waals surface area (Å²) < 4.78 is 29.5. The monoisotopic (exact) mass is 315 g/mol. The first kappa shape index (κ1) is 16.0. The summed E-state index contributed by atoms with van der Waals surface area (Å²) in [5, 5.41) is 0. The van der Waals surface area contributed by atoms with E-state index in [1.165, 1.54) is 10.6 Å². The minimum Gasteiger partial charge on any atom is -0.468 e. The molecule has 118 valence electrons. The molecule has 7 nitrogen and oxygen atoms in total. The molecule has 0 aliphatic carbocycles. The molecule has 0 spiro atoms. The average Bonchev–Trinajstić information content (AvgIpc) is 2.90. The molecule has 0 radical (unpaired) electrons. The van der Waals surface area contributed by atoms with Gasteiger partial charge in [-0.3, -0.25) is 9.69 Å². The molecule has 21 heavy (non-hydrogen) atoms. The third-order valence-electron chi connectivity index (χ3n) is 3.47. The highest BCUT2D eigenvalue weighted by Crippen LogP contribution is 2.08. The number of nitrogens with zero attached hydrogens (tertiary/aromatic N) is 3. The molecule has 0 atom stereocenters. The zero-order valence-electron chi connectivity index (χ0n) is 12.4. The zero-order chi connectivity index (χ0) is 15.5. The quantitative estimate of drug-likeness (QED) is 0.753. The average molecular weight is 315 g/mol. The molecule has 2 rings (SSSR count). The molecule has 0 aromatic carbocycles. The number of furan rings is 1. The lowest BCUT2D eigenvalue weighted by atomic mass is 10.3. The maximum atomic E-state index is 12.2. The molecule has 0 unspecified atom stereocenters. The fraction of sp³-hybridized carbons (Fsp3) is 0.615. The zero-order valence-corrected chi connectivity index (χ0v) is 13.2. The number of amides is 1. The molecule has 1 aliphatic heterocycles. The van der Waals surface area contributed by atoms with Crippen molar-refractivity contribution < 1.29 is 17.6 Å². The second-order valence-electron chi connectivity index (χ2n) is 5.29. The molecule has 1 fully saturated rings. The van der Waals surface area contributed by atoms with Crippen molar-refractivity contribution in [3.8, 4) is 0 Å². The molecular weight excluding hydrogens is 294 g/mol. The minimum atomic E-state index is -3.16. The molecule has 0 bridgehead atoms. The van der Waals surface area contributed by atoms with Gasteiger partial charge in [-0.25, -0.2) is 8.42 Å². The van der Waals surface area contributed by atoms with E-state index in [2.05, 4.69) is 0 Å². The van der Waals surface area contributed by atoms with Gasteiger partial charge in [0.2, 0.25) is 15.9 Å². The third kappa shape index (κ3) is 4.55. The first-order chi connectivity index (χ1) is 9.86. The topological polar surface area (TPSA) is 74.1 Å². The number of piperazine rings is 1. The summed E-state index contributed by atoms with van der Waals surface area (Å²) in [6.07, 6.45) is 2.80. The Morgan fingerprint density at radius 1 is 1.33 bits per heavy atom. The lowest BCUT2D eigenvalue weighted by molar-refractivity contribution is -0.133. The molecule has 8 heteroatoms. The molecule has 1 aliphatic rings. The van der Waals surface area contributed by atoms with Crippen molar-refractivity contribution in [2.75, 3.05) is 46.0 Å². The highest BCUT2D eigenvalue weighted by Gasteiger charge is 2.26. The molecule has 0 N–H and O–H groups in total. The number of hydrogen-bond donors (Lipinski definition) is 0. The SMILES string of the molecule is CN(CC(=O)N1CCN(S(C)(=O)=O)CC1)Cc1ccco1. The number of hydrogen-bond acceptors (Lipinski definition) is 5. The molecule has 1 aromatic rings. The van der Waals surface area contributed by atoms with E-state index in [0.717, 1.165) is 5.76 Å². The van der Waals surface area contributed by atoms with E-state index < -0.39 is 10.0 Å². The van der Waals surface area contributed by atoms with Crippen LogP contribution in [0, 0.1) is 0 Å². The Morgan fingerprint density at radius 2 is 2.00 bits per heavy atom. The van der Waals surface area contributed by atoms with Crippen molar-refractivity contribution in [2.45, 2.75) is 6.54 Å². The standard InChI is InChI=1S/C13H21N3O4S/c1-14(10-12-4-3-9-20-12)11-13(17)15-5-7-16(8-6-15)21(2,18)19/h3-4,9H,5-8,10-11H2,1-2H3. The van der Waals surface area contributed by atoms with Crippen LogP contribution in [0.15, 0.2) is 22.8 Å². The predicted octanol–water partition coefficient (Wildman–Crippen LogP) is -0.185. The highest BCUT2D eigenvalue weighted by atomic mass is 32.2. The van der Waals surface area contributed by atoms with Crippen LogP contribution in [0.2, 0.25) is 0 Å². The van der Waals surface area contributed by atoms with Gasteiger partial charge in [0, 0.05) is 26.2 Å². The summed E-state index contributed by atoms with van der Waals surface area (Å²) in [5.41, 5.74) is 0. The Kier molecular flexibility index (Phi) is 5.02. The van der Waals surface area contributed by atoms with E-state index in [0.29, 0.717) is 39.3 Å². The van der Waals surface area contributed by atoms with Crippen LogP contribution in [-0.2, 0) is 21.4 Å². The summed E-state index contributed by atoms with van der Waals surface area (Å²) >= 11 is 0. The van der Waals surface area contributed by atoms with Gasteiger partial charge < -0.3 is 9.32 Å². The second-order valence-corrected chi connectivity index (χ2v) is 7.28. The first-order valence-corrected chi connectivity index (χ1v) is 8.65. The van der Waals surface area contributed by atoms with Crippen molar-refractivity contribution in [3.63, 3.8) is 0 Å². The van der Waals surface area contributed by atoms with Crippen LogP contribution < -0.4 is 0 Å². The number of carbonyl (C=O) groups excluding carboxylic acids is 1. The minimum absolute atomic E-state index is 0.0113. The summed E-state index contributed by atoms with van der Waals surface area (Å²) in [5.74, 6) is 0.824. The number of carbonyl (C=O) groups is 1. The van der Waals surface area contributed by atoms with E-state index >= 15 is 0 Å². The second kappa shape index (κ2) is 6.59. The number of sulfonamides is 1. The van der Waals surface area contributed by atoms with E-state index in [1.807, 2.05) is 24.1 Å². The van der Waals surface area contributed by atoms with Crippen LogP contribution in [0.3, 0.4) is 0 Å². The normalized spacial score (nSPS) is 17.4. The van der Waals surface area contributed by atoms with Gasteiger partial charge in [0.05, 0.1) is 25.6 Å². The van der Waals surface area contributed by atoms with Crippen molar-refractivity contribution in [1.29, 1.82) is 0 Å². The van der Waals surface area contributed by atoms with Crippen molar-refractivity contribution >= 4 is 15.9 Å². The highest BCUT2D eigenvalue weighted by molar-refractivity contribution is 7.88. The van der Waals surface area contributed by atoms with Crippen molar-refractivity contribution in [2.24, 2.45) is 0 Å². The van der Waals surface area contributed by atoms with Crippen LogP contribution in [0.5, 0.6) is 0 Å². The maximum absolute atomic E-state index is 12.2. The van der Waals surface area contributed by atoms with E-state index in [9.17, 15) is 13.2 Å². The lowest BCUT2D eigenvalue weighted by Gasteiger charge is -2.34. The van der Waals surface area contributed by atoms with Gasteiger partial charge >= 0.3 is 0 Å².